The van der Waals surface area contributed by atoms with Crippen LogP contribution < -0.4 is 18.7 Å². The lowest BCUT2D eigenvalue weighted by atomic mass is 10.00. The van der Waals surface area contributed by atoms with E-state index in [4.69, 9.17) is 9.47 Å². The molecule has 158 valence electrons. The van der Waals surface area contributed by atoms with Gasteiger partial charge >= 0.3 is 0 Å². The number of rotatable bonds is 3. The normalized spacial score (nSPS) is 17.3. The van der Waals surface area contributed by atoms with Crippen molar-refractivity contribution in [2.45, 2.75) is 19.8 Å². The van der Waals surface area contributed by atoms with Crippen LogP contribution in [0.15, 0.2) is 41.3 Å². The molecule has 2 heterocycles. The van der Waals surface area contributed by atoms with Crippen LogP contribution in [0.5, 0.6) is 11.5 Å². The Bertz CT molecular complexity index is 1170. The van der Waals surface area contributed by atoms with Gasteiger partial charge in [-0.1, -0.05) is 18.2 Å². The van der Waals surface area contributed by atoms with Crippen LogP contribution in [-0.4, -0.2) is 42.1 Å². The molecule has 0 atom stereocenters. The number of carbonyl (C=O) groups excluding carboxylic acids is 1. The highest BCUT2D eigenvalue weighted by Gasteiger charge is 2.41. The summed E-state index contributed by atoms with van der Waals surface area (Å²) in [5, 5.41) is 0. The van der Waals surface area contributed by atoms with Crippen molar-refractivity contribution in [2.24, 2.45) is 0 Å². The zero-order valence-electron chi connectivity index (χ0n) is 17.4. The highest BCUT2D eigenvalue weighted by atomic mass is 32.2. The Morgan fingerprint density at radius 3 is 2.40 bits per heavy atom. The van der Waals surface area contributed by atoms with Gasteiger partial charge in [0.2, 0.25) is 0 Å². The molecule has 0 radical (unpaired) electrons. The van der Waals surface area contributed by atoms with Gasteiger partial charge in [-0.05, 0) is 43.0 Å². The fraction of sp³-hybridized carbons (Fsp3) is 0.318. The summed E-state index contributed by atoms with van der Waals surface area (Å²) in [5.41, 5.74) is 3.28. The van der Waals surface area contributed by atoms with Gasteiger partial charge in [-0.2, -0.15) is 0 Å². The summed E-state index contributed by atoms with van der Waals surface area (Å²) in [6.45, 7) is 2.14. The Kier molecular flexibility index (Phi) is 4.97. The van der Waals surface area contributed by atoms with Crippen LogP contribution in [0.25, 0.3) is 5.57 Å². The maximum Gasteiger partial charge on any atom is 0.272 e. The molecular weight excluding hydrogens is 404 g/mol. The second-order valence-electron chi connectivity index (χ2n) is 7.34. The van der Waals surface area contributed by atoms with Gasteiger partial charge in [0.05, 0.1) is 19.9 Å². The third-order valence-corrected chi connectivity index (χ3v) is 7.67. The molecule has 0 aliphatic carbocycles. The number of aryl methyl sites for hydroxylation is 1. The van der Waals surface area contributed by atoms with Crippen molar-refractivity contribution >= 4 is 32.9 Å². The molecule has 2 aliphatic heterocycles. The number of hydrogen-bond donors (Lipinski definition) is 0. The first-order chi connectivity index (χ1) is 14.3. The summed E-state index contributed by atoms with van der Waals surface area (Å²) in [6, 6.07) is 11.0. The number of methoxy groups -OCH3 is 2. The Morgan fingerprint density at radius 1 is 1.03 bits per heavy atom. The fourth-order valence-corrected chi connectivity index (χ4v) is 5.66. The molecule has 0 N–H and O–H groups in total. The summed E-state index contributed by atoms with van der Waals surface area (Å²) in [5.74, 6) is 0.385. The third-order valence-electron chi connectivity index (χ3n) is 5.75. The number of carbonyl (C=O) groups is 1. The number of allylic oxidation sites excluding steroid dienone is 1. The molecular formula is C22H24N2O5S. The molecule has 0 unspecified atom stereocenters. The number of hydrogen-bond acceptors (Lipinski definition) is 5. The van der Waals surface area contributed by atoms with Gasteiger partial charge in [0.25, 0.3) is 15.9 Å². The smallest absolute Gasteiger partial charge is 0.272 e. The molecule has 30 heavy (non-hydrogen) atoms. The largest absolute Gasteiger partial charge is 0.493 e. The molecule has 7 nitrogen and oxygen atoms in total. The number of fused-ring (bicyclic) bond motifs is 2. The molecule has 1 amide bonds. The minimum Gasteiger partial charge on any atom is -0.493 e. The second-order valence-corrected chi connectivity index (χ2v) is 9.25. The van der Waals surface area contributed by atoms with E-state index < -0.39 is 15.9 Å². The quantitative estimate of drug-likeness (QED) is 0.751. The average Bonchev–Trinajstić information content (AvgIpc) is 2.76. The van der Waals surface area contributed by atoms with Crippen molar-refractivity contribution in [3.63, 3.8) is 0 Å². The SMILES string of the molecule is COc1cc2c(cc1OC)N(C)S(=O)(=O)C(C(=O)N1CCCc3ccccc31)=C2C. The lowest BCUT2D eigenvalue weighted by Gasteiger charge is -2.34. The van der Waals surface area contributed by atoms with E-state index in [2.05, 4.69) is 0 Å². The van der Waals surface area contributed by atoms with Crippen molar-refractivity contribution in [3.05, 3.63) is 52.4 Å². The molecule has 8 heteroatoms. The summed E-state index contributed by atoms with van der Waals surface area (Å²) < 4.78 is 38.6. The van der Waals surface area contributed by atoms with Crippen molar-refractivity contribution in [1.82, 2.24) is 0 Å². The number of amides is 1. The van der Waals surface area contributed by atoms with Gasteiger partial charge in [0, 0.05) is 30.9 Å². The van der Waals surface area contributed by atoms with E-state index in [0.717, 1.165) is 28.4 Å². The monoisotopic (exact) mass is 428 g/mol. The van der Waals surface area contributed by atoms with Crippen molar-refractivity contribution in [2.75, 3.05) is 37.0 Å². The number of nitrogens with zero attached hydrogens (tertiary/aromatic N) is 2. The Hall–Kier alpha value is -3.00. The molecule has 4 rings (SSSR count). The van der Waals surface area contributed by atoms with Crippen LogP contribution in [-0.2, 0) is 21.2 Å². The van der Waals surface area contributed by atoms with E-state index in [1.165, 1.54) is 21.3 Å². The first-order valence-electron chi connectivity index (χ1n) is 9.67. The highest BCUT2D eigenvalue weighted by molar-refractivity contribution is 7.97. The van der Waals surface area contributed by atoms with E-state index in [1.54, 1.807) is 24.0 Å². The van der Waals surface area contributed by atoms with Crippen LogP contribution in [0.1, 0.15) is 24.5 Å². The van der Waals surface area contributed by atoms with Gasteiger partial charge in [-0.25, -0.2) is 8.42 Å². The molecule has 0 fully saturated rings. The Morgan fingerprint density at radius 2 is 1.70 bits per heavy atom. The fourth-order valence-electron chi connectivity index (χ4n) is 4.15. The standard InChI is InChI=1S/C22H24N2O5S/c1-14-16-12-19(28-3)20(29-4)13-18(16)23(2)30(26,27)21(14)22(25)24-11-7-9-15-8-5-6-10-17(15)24/h5-6,8,10,12-13H,7,9,11H2,1-4H3. The minimum atomic E-state index is -4.04. The summed E-state index contributed by atoms with van der Waals surface area (Å²) >= 11 is 0. The minimum absolute atomic E-state index is 0.207. The topological polar surface area (TPSA) is 76.1 Å². The number of ether oxygens (including phenoxy) is 2. The van der Waals surface area contributed by atoms with Gasteiger partial charge in [0.15, 0.2) is 16.4 Å². The second kappa shape index (κ2) is 7.36. The van der Waals surface area contributed by atoms with Gasteiger partial charge in [-0.3, -0.25) is 9.10 Å². The number of benzene rings is 2. The predicted octanol–water partition coefficient (Wildman–Crippen LogP) is 3.19. The average molecular weight is 429 g/mol. The maximum absolute atomic E-state index is 13.6. The molecule has 0 spiro atoms. The number of sulfonamides is 1. The molecule has 0 bridgehead atoms. The molecule has 2 aliphatic rings. The number of anilines is 2. The van der Waals surface area contributed by atoms with Crippen LogP contribution >= 0.6 is 0 Å². The van der Waals surface area contributed by atoms with E-state index in [0.29, 0.717) is 34.9 Å². The summed E-state index contributed by atoms with van der Waals surface area (Å²) in [4.78, 5) is 15.0. The number of para-hydroxylation sites is 1. The van der Waals surface area contributed by atoms with Crippen LogP contribution in [0.4, 0.5) is 11.4 Å². The summed E-state index contributed by atoms with van der Waals surface area (Å²) in [7, 11) is 0.424. The molecule has 2 aromatic carbocycles. The first-order valence-corrected chi connectivity index (χ1v) is 11.1. The van der Waals surface area contributed by atoms with Crippen molar-refractivity contribution in [1.29, 1.82) is 0 Å². The molecule has 0 saturated heterocycles. The molecule has 2 aromatic rings. The Labute approximate surface area is 176 Å². The molecule has 0 saturated carbocycles. The van der Waals surface area contributed by atoms with Crippen LogP contribution in [0.2, 0.25) is 0 Å². The van der Waals surface area contributed by atoms with E-state index in [9.17, 15) is 13.2 Å². The van der Waals surface area contributed by atoms with E-state index in [-0.39, 0.29) is 4.91 Å². The Balaban J connectivity index is 1.90. The van der Waals surface area contributed by atoms with Gasteiger partial charge in [0.1, 0.15) is 0 Å². The van der Waals surface area contributed by atoms with E-state index >= 15 is 0 Å². The summed E-state index contributed by atoms with van der Waals surface area (Å²) in [6.07, 6.45) is 1.65. The van der Waals surface area contributed by atoms with Crippen LogP contribution in [0.3, 0.4) is 0 Å². The highest BCUT2D eigenvalue weighted by Crippen LogP contribution is 2.45. The maximum atomic E-state index is 13.6. The van der Waals surface area contributed by atoms with Gasteiger partial charge < -0.3 is 14.4 Å². The predicted molar refractivity (Wildman–Crippen MR) is 117 cm³/mol. The first kappa shape index (κ1) is 20.3. The lowest BCUT2D eigenvalue weighted by molar-refractivity contribution is -0.114. The zero-order chi connectivity index (χ0) is 21.6. The zero-order valence-corrected chi connectivity index (χ0v) is 18.2. The molecule has 0 aromatic heterocycles. The third kappa shape index (κ3) is 2.94. The van der Waals surface area contributed by atoms with Crippen LogP contribution in [0, 0.1) is 0 Å². The van der Waals surface area contributed by atoms with Crippen molar-refractivity contribution in [3.8, 4) is 11.5 Å². The van der Waals surface area contributed by atoms with E-state index in [1.807, 2.05) is 24.3 Å². The van der Waals surface area contributed by atoms with Gasteiger partial charge in [-0.15, -0.1) is 0 Å². The van der Waals surface area contributed by atoms with Crippen molar-refractivity contribution < 1.29 is 22.7 Å². The lowest BCUT2D eigenvalue weighted by Crippen LogP contribution is -2.43.